The molecule has 0 heterocycles. The molecule has 0 aromatic heterocycles. The van der Waals surface area contributed by atoms with Crippen molar-refractivity contribution in [3.63, 3.8) is 0 Å². The zero-order valence-electron chi connectivity index (χ0n) is 44.7. The SMILES string of the molecule is CCCCCCCCCCCCCCCCCCCC/C=C\CCCCCCCCCCCCCCCCCC(O)CC(=O)NC(COP(=O)(O)OC1C(O)C(O)C(O)C(O)C1O)C(O)CCCCC. The van der Waals surface area contributed by atoms with Crippen LogP contribution in [0.15, 0.2) is 12.2 Å². The van der Waals surface area contributed by atoms with Gasteiger partial charge in [0.15, 0.2) is 0 Å². The Bertz CT molecular complexity index is 1250. The molecule has 70 heavy (non-hydrogen) atoms. The van der Waals surface area contributed by atoms with E-state index in [0.29, 0.717) is 12.8 Å². The molecule has 8 atom stereocenters. The zero-order valence-corrected chi connectivity index (χ0v) is 45.6. The molecule has 0 aliphatic heterocycles. The van der Waals surface area contributed by atoms with Crippen molar-refractivity contribution in [1.29, 1.82) is 0 Å². The molecule has 1 rings (SSSR count). The van der Waals surface area contributed by atoms with E-state index in [0.717, 1.165) is 38.5 Å². The molecule has 0 bridgehead atoms. The summed E-state index contributed by atoms with van der Waals surface area (Å²) < 4.78 is 22.7. The first kappa shape index (κ1) is 67.1. The van der Waals surface area contributed by atoms with Crippen molar-refractivity contribution in [2.45, 2.75) is 332 Å². The number of allylic oxidation sites excluding steroid dienone is 2. The van der Waals surface area contributed by atoms with Crippen LogP contribution < -0.4 is 5.32 Å². The highest BCUT2D eigenvalue weighted by atomic mass is 31.2. The number of nitrogens with one attached hydrogen (secondary N) is 1. The van der Waals surface area contributed by atoms with Crippen molar-refractivity contribution in [3.05, 3.63) is 12.2 Å². The fourth-order valence-corrected chi connectivity index (χ4v) is 10.6. The minimum absolute atomic E-state index is 0.221. The molecular weight excluding hydrogens is 910 g/mol. The average Bonchev–Trinajstić information content (AvgIpc) is 3.33. The Labute approximate surface area is 427 Å². The van der Waals surface area contributed by atoms with Crippen LogP contribution in [0.5, 0.6) is 0 Å². The van der Waals surface area contributed by atoms with Crippen molar-refractivity contribution >= 4 is 13.7 Å². The molecule has 0 radical (unpaired) electrons. The van der Waals surface area contributed by atoms with Crippen LogP contribution in [0.4, 0.5) is 0 Å². The van der Waals surface area contributed by atoms with Crippen LogP contribution >= 0.6 is 7.82 Å². The number of carbonyl (C=O) groups is 1. The molecular formula is C56H110NO12P. The summed E-state index contributed by atoms with van der Waals surface area (Å²) in [4.78, 5) is 23.2. The summed E-state index contributed by atoms with van der Waals surface area (Å²) in [5.41, 5.74) is 0. The van der Waals surface area contributed by atoms with Crippen LogP contribution in [0.1, 0.15) is 277 Å². The van der Waals surface area contributed by atoms with Crippen LogP contribution in [0.25, 0.3) is 0 Å². The molecule has 1 aliphatic rings. The molecule has 14 heteroatoms. The van der Waals surface area contributed by atoms with Gasteiger partial charge in [-0.2, -0.15) is 0 Å². The Kier molecular flexibility index (Phi) is 43.5. The Morgan fingerprint density at radius 1 is 0.486 bits per heavy atom. The summed E-state index contributed by atoms with van der Waals surface area (Å²) in [5, 5.41) is 73.9. The van der Waals surface area contributed by atoms with Gasteiger partial charge in [0.2, 0.25) is 5.91 Å². The smallest absolute Gasteiger partial charge is 0.393 e. The van der Waals surface area contributed by atoms with Crippen LogP contribution in [0, 0.1) is 0 Å². The van der Waals surface area contributed by atoms with E-state index in [1.165, 1.54) is 199 Å². The Balaban J connectivity index is 1.99. The van der Waals surface area contributed by atoms with Crippen LogP contribution in [0.2, 0.25) is 0 Å². The second kappa shape index (κ2) is 45.4. The standard InChI is InChI=1S/C56H110NO12P/c1-3-5-7-8-9-10-11-12-13-14-15-16-17-18-19-20-21-22-23-24-25-26-27-28-29-30-31-32-33-34-35-36-37-38-39-40-42-43-47(58)45-50(60)57-48(49(59)44-41-6-4-2)46-68-70(66,67)69-56-54(64)52(62)51(61)53(63)55(56)65/h24-25,47-49,51-56,58-59,61-65H,3-23,26-46H2,1-2H3,(H,57,60)(H,66,67)/b25-24-. The van der Waals surface area contributed by atoms with Gasteiger partial charge in [-0.25, -0.2) is 4.57 Å². The van der Waals surface area contributed by atoms with E-state index in [4.69, 9.17) is 9.05 Å². The van der Waals surface area contributed by atoms with E-state index >= 15 is 0 Å². The first-order valence-corrected chi connectivity index (χ1v) is 30.7. The maximum Gasteiger partial charge on any atom is 0.472 e. The third kappa shape index (κ3) is 36.1. The van der Waals surface area contributed by atoms with Gasteiger partial charge in [-0.3, -0.25) is 13.8 Å². The highest BCUT2D eigenvalue weighted by Gasteiger charge is 2.51. The summed E-state index contributed by atoms with van der Waals surface area (Å²) >= 11 is 0. The third-order valence-corrected chi connectivity index (χ3v) is 15.4. The van der Waals surface area contributed by atoms with Gasteiger partial charge < -0.3 is 46.0 Å². The summed E-state index contributed by atoms with van der Waals surface area (Å²) in [7, 11) is -5.09. The van der Waals surface area contributed by atoms with Gasteiger partial charge in [0.05, 0.1) is 31.3 Å². The molecule has 0 aromatic carbocycles. The van der Waals surface area contributed by atoms with Gasteiger partial charge in [-0.05, 0) is 38.5 Å². The molecule has 13 nitrogen and oxygen atoms in total. The van der Waals surface area contributed by atoms with E-state index < -0.39 is 75.2 Å². The molecule has 9 N–H and O–H groups in total. The quantitative estimate of drug-likeness (QED) is 0.0158. The lowest BCUT2D eigenvalue weighted by molar-refractivity contribution is -0.220. The maximum absolute atomic E-state index is 12.9. The summed E-state index contributed by atoms with van der Waals surface area (Å²) in [6.07, 6.45) is 40.4. The second-order valence-electron chi connectivity index (χ2n) is 21.0. The lowest BCUT2D eigenvalue weighted by atomic mass is 9.85. The van der Waals surface area contributed by atoms with E-state index in [-0.39, 0.29) is 12.8 Å². The van der Waals surface area contributed by atoms with Crippen molar-refractivity contribution in [2.75, 3.05) is 6.61 Å². The number of phosphoric ester groups is 1. The molecule has 0 spiro atoms. The first-order valence-electron chi connectivity index (χ1n) is 29.2. The molecule has 416 valence electrons. The Morgan fingerprint density at radius 3 is 1.19 bits per heavy atom. The van der Waals surface area contributed by atoms with Crippen LogP contribution in [-0.2, 0) is 18.4 Å². The number of unbranched alkanes of at least 4 members (excludes halogenated alkanes) is 35. The number of carbonyl (C=O) groups excluding carboxylic acids is 1. The van der Waals surface area contributed by atoms with Crippen molar-refractivity contribution in [1.82, 2.24) is 5.32 Å². The number of rotatable bonds is 50. The number of hydrogen-bond donors (Lipinski definition) is 9. The fraction of sp³-hybridized carbons (Fsp3) is 0.946. The predicted molar refractivity (Wildman–Crippen MR) is 284 cm³/mol. The molecule has 0 saturated heterocycles. The van der Waals surface area contributed by atoms with Crippen LogP contribution in [0.3, 0.4) is 0 Å². The monoisotopic (exact) mass is 1020 g/mol. The second-order valence-corrected chi connectivity index (χ2v) is 22.4. The highest BCUT2D eigenvalue weighted by molar-refractivity contribution is 7.47. The highest BCUT2D eigenvalue weighted by Crippen LogP contribution is 2.47. The largest absolute Gasteiger partial charge is 0.472 e. The topological polar surface area (TPSA) is 226 Å². The minimum Gasteiger partial charge on any atom is -0.393 e. The predicted octanol–water partition coefficient (Wildman–Crippen LogP) is 12.1. The normalized spacial score (nSPS) is 21.8. The molecule has 1 aliphatic carbocycles. The van der Waals surface area contributed by atoms with Gasteiger partial charge in [0, 0.05) is 0 Å². The molecule has 8 unspecified atom stereocenters. The Hall–Kier alpha value is -0.960. The molecule has 1 fully saturated rings. The van der Waals surface area contributed by atoms with E-state index in [1.807, 2.05) is 6.92 Å². The minimum atomic E-state index is -5.09. The van der Waals surface area contributed by atoms with Crippen molar-refractivity contribution in [2.24, 2.45) is 0 Å². The lowest BCUT2D eigenvalue weighted by Crippen LogP contribution is -2.64. The van der Waals surface area contributed by atoms with Gasteiger partial charge >= 0.3 is 7.82 Å². The molecule has 1 amide bonds. The lowest BCUT2D eigenvalue weighted by Gasteiger charge is -2.41. The third-order valence-electron chi connectivity index (χ3n) is 14.4. The van der Waals surface area contributed by atoms with E-state index in [9.17, 15) is 50.0 Å². The molecule has 0 aromatic rings. The average molecular weight is 1020 g/mol. The van der Waals surface area contributed by atoms with Crippen molar-refractivity contribution < 1.29 is 59.0 Å². The van der Waals surface area contributed by atoms with Gasteiger partial charge in [0.1, 0.15) is 36.6 Å². The van der Waals surface area contributed by atoms with Crippen LogP contribution in [-0.4, -0.2) is 108 Å². The number of amides is 1. The van der Waals surface area contributed by atoms with E-state index in [2.05, 4.69) is 24.4 Å². The first-order chi connectivity index (χ1) is 33.8. The maximum atomic E-state index is 12.9. The number of aliphatic hydroxyl groups is 7. The Morgan fingerprint density at radius 2 is 0.800 bits per heavy atom. The van der Waals surface area contributed by atoms with Gasteiger partial charge in [0.25, 0.3) is 0 Å². The number of hydrogen-bond acceptors (Lipinski definition) is 11. The number of phosphoric acid groups is 1. The van der Waals surface area contributed by atoms with E-state index in [1.54, 1.807) is 0 Å². The summed E-state index contributed by atoms with van der Waals surface area (Å²) in [5.74, 6) is -0.568. The van der Waals surface area contributed by atoms with Crippen molar-refractivity contribution in [3.8, 4) is 0 Å². The van der Waals surface area contributed by atoms with Gasteiger partial charge in [-0.15, -0.1) is 0 Å². The summed E-state index contributed by atoms with van der Waals surface area (Å²) in [6, 6.07) is -1.15. The summed E-state index contributed by atoms with van der Waals surface area (Å²) in [6.45, 7) is 3.59. The van der Waals surface area contributed by atoms with Gasteiger partial charge in [-0.1, -0.05) is 244 Å². The fourth-order valence-electron chi connectivity index (χ4n) is 9.66. The number of aliphatic hydroxyl groups excluding tert-OH is 7. The zero-order chi connectivity index (χ0) is 51.5. The molecule has 1 saturated carbocycles.